The first-order valence-electron chi connectivity index (χ1n) is 6.99. The summed E-state index contributed by atoms with van der Waals surface area (Å²) in [5, 5.41) is 10.9. The third kappa shape index (κ3) is 3.31. The average molecular weight is 328 g/mol. The zero-order chi connectivity index (χ0) is 16.4. The van der Waals surface area contributed by atoms with Gasteiger partial charge in [0.05, 0.1) is 17.1 Å². The van der Waals surface area contributed by atoms with E-state index in [2.05, 4.69) is 9.97 Å². The number of hydrogen-bond donors (Lipinski definition) is 2. The molecule has 0 saturated carbocycles. The van der Waals surface area contributed by atoms with Gasteiger partial charge in [0, 0.05) is 41.0 Å². The number of benzene rings is 1. The largest absolute Gasteiger partial charge is 0.392 e. The summed E-state index contributed by atoms with van der Waals surface area (Å²) in [6.07, 6.45) is 3.62. The van der Waals surface area contributed by atoms with Gasteiger partial charge in [-0.1, -0.05) is 17.7 Å². The van der Waals surface area contributed by atoms with Gasteiger partial charge in [0.15, 0.2) is 0 Å². The summed E-state index contributed by atoms with van der Waals surface area (Å²) in [6, 6.07) is 8.88. The molecule has 23 heavy (non-hydrogen) atoms. The second-order valence-corrected chi connectivity index (χ2v) is 5.65. The van der Waals surface area contributed by atoms with Crippen molar-refractivity contribution in [2.75, 3.05) is 0 Å². The molecule has 2 heterocycles. The molecule has 3 N–H and O–H groups in total. The Morgan fingerprint density at radius 3 is 2.78 bits per heavy atom. The fourth-order valence-electron chi connectivity index (χ4n) is 2.53. The van der Waals surface area contributed by atoms with Crippen LogP contribution in [0, 0.1) is 0 Å². The van der Waals surface area contributed by atoms with Crippen LogP contribution >= 0.6 is 11.6 Å². The number of halogens is 1. The SMILES string of the molecule is NC(=O)c1ccnc(Cc2cc(CO)c3ncc(Cl)cc3c2)c1. The highest BCUT2D eigenvalue weighted by atomic mass is 35.5. The first-order chi connectivity index (χ1) is 11.1. The highest BCUT2D eigenvalue weighted by Crippen LogP contribution is 2.23. The van der Waals surface area contributed by atoms with Gasteiger partial charge in [0.1, 0.15) is 0 Å². The fraction of sp³-hybridized carbons (Fsp3) is 0.118. The van der Waals surface area contributed by atoms with Crippen molar-refractivity contribution in [3.8, 4) is 0 Å². The summed E-state index contributed by atoms with van der Waals surface area (Å²) in [4.78, 5) is 19.8. The van der Waals surface area contributed by atoms with Gasteiger partial charge in [-0.3, -0.25) is 14.8 Å². The maximum atomic E-state index is 11.3. The van der Waals surface area contributed by atoms with E-state index in [-0.39, 0.29) is 6.61 Å². The Bertz CT molecular complexity index is 896. The van der Waals surface area contributed by atoms with E-state index in [0.29, 0.717) is 17.0 Å². The van der Waals surface area contributed by atoms with Crippen LogP contribution in [0.2, 0.25) is 5.02 Å². The molecule has 3 rings (SSSR count). The molecule has 1 aromatic carbocycles. The molecule has 116 valence electrons. The maximum Gasteiger partial charge on any atom is 0.248 e. The Kier molecular flexibility index (Phi) is 4.23. The monoisotopic (exact) mass is 327 g/mol. The van der Waals surface area contributed by atoms with E-state index in [9.17, 15) is 9.90 Å². The Hall–Kier alpha value is -2.50. The molecule has 0 radical (unpaired) electrons. The molecule has 0 spiro atoms. The van der Waals surface area contributed by atoms with Crippen LogP contribution in [0.4, 0.5) is 0 Å². The van der Waals surface area contributed by atoms with Crippen LogP contribution in [0.15, 0.2) is 42.7 Å². The molecule has 6 heteroatoms. The van der Waals surface area contributed by atoms with Crippen LogP contribution < -0.4 is 5.73 Å². The summed E-state index contributed by atoms with van der Waals surface area (Å²) in [5.74, 6) is -0.487. The summed E-state index contributed by atoms with van der Waals surface area (Å²) in [6.45, 7) is -0.117. The van der Waals surface area contributed by atoms with E-state index in [1.54, 1.807) is 30.6 Å². The second-order valence-electron chi connectivity index (χ2n) is 5.22. The molecule has 2 aromatic heterocycles. The van der Waals surface area contributed by atoms with Gasteiger partial charge in [0.2, 0.25) is 5.91 Å². The van der Waals surface area contributed by atoms with Crippen molar-refractivity contribution in [3.05, 3.63) is 70.1 Å². The molecule has 0 unspecified atom stereocenters. The van der Waals surface area contributed by atoms with Crippen LogP contribution in [0.1, 0.15) is 27.2 Å². The molecule has 0 atom stereocenters. The third-order valence-electron chi connectivity index (χ3n) is 3.55. The summed E-state index contributed by atoms with van der Waals surface area (Å²) in [5.41, 5.74) is 8.82. The van der Waals surface area contributed by atoms with Crippen molar-refractivity contribution < 1.29 is 9.90 Å². The molecule has 5 nitrogen and oxygen atoms in total. The number of aromatic nitrogens is 2. The Morgan fingerprint density at radius 2 is 2.04 bits per heavy atom. The van der Waals surface area contributed by atoms with Crippen molar-refractivity contribution in [1.29, 1.82) is 0 Å². The van der Waals surface area contributed by atoms with Gasteiger partial charge in [-0.25, -0.2) is 0 Å². The number of fused-ring (bicyclic) bond motifs is 1. The molecular formula is C17H14ClN3O2. The molecule has 0 fully saturated rings. The van der Waals surface area contributed by atoms with Gasteiger partial charge in [-0.15, -0.1) is 0 Å². The van der Waals surface area contributed by atoms with Crippen molar-refractivity contribution in [3.63, 3.8) is 0 Å². The molecule has 3 aromatic rings. The molecule has 0 aliphatic carbocycles. The van der Waals surface area contributed by atoms with E-state index in [1.807, 2.05) is 12.1 Å². The first kappa shape index (κ1) is 15.4. The normalized spacial score (nSPS) is 10.9. The number of nitrogens with two attached hydrogens (primary N) is 1. The number of hydrogen-bond acceptors (Lipinski definition) is 4. The van der Waals surface area contributed by atoms with Crippen molar-refractivity contribution >= 4 is 28.4 Å². The van der Waals surface area contributed by atoms with E-state index in [0.717, 1.165) is 27.7 Å². The minimum atomic E-state index is -0.487. The quantitative estimate of drug-likeness (QED) is 0.770. The van der Waals surface area contributed by atoms with Gasteiger partial charge in [-0.2, -0.15) is 0 Å². The molecular weight excluding hydrogens is 314 g/mol. The van der Waals surface area contributed by atoms with Crippen LogP contribution in [0.5, 0.6) is 0 Å². The van der Waals surface area contributed by atoms with Crippen LogP contribution in [0.25, 0.3) is 10.9 Å². The zero-order valence-electron chi connectivity index (χ0n) is 12.2. The minimum absolute atomic E-state index is 0.117. The highest BCUT2D eigenvalue weighted by Gasteiger charge is 2.08. The lowest BCUT2D eigenvalue weighted by Crippen LogP contribution is -2.11. The van der Waals surface area contributed by atoms with E-state index < -0.39 is 5.91 Å². The predicted molar refractivity (Wildman–Crippen MR) is 88.2 cm³/mol. The average Bonchev–Trinajstić information content (AvgIpc) is 2.54. The number of nitrogens with zero attached hydrogens (tertiary/aromatic N) is 2. The number of pyridine rings is 2. The topological polar surface area (TPSA) is 89.1 Å². The molecule has 0 saturated heterocycles. The van der Waals surface area contributed by atoms with E-state index in [1.165, 1.54) is 0 Å². The number of carbonyl (C=O) groups excluding carboxylic acids is 1. The number of carbonyl (C=O) groups is 1. The maximum absolute atomic E-state index is 11.3. The molecule has 1 amide bonds. The highest BCUT2D eigenvalue weighted by molar-refractivity contribution is 6.31. The summed E-state index contributed by atoms with van der Waals surface area (Å²) < 4.78 is 0. The van der Waals surface area contributed by atoms with Gasteiger partial charge in [-0.05, 0) is 29.8 Å². The Morgan fingerprint density at radius 1 is 1.22 bits per heavy atom. The number of amides is 1. The smallest absolute Gasteiger partial charge is 0.248 e. The van der Waals surface area contributed by atoms with Crippen LogP contribution in [-0.2, 0) is 13.0 Å². The summed E-state index contributed by atoms with van der Waals surface area (Å²) >= 11 is 5.99. The van der Waals surface area contributed by atoms with Gasteiger partial charge >= 0.3 is 0 Å². The van der Waals surface area contributed by atoms with E-state index in [4.69, 9.17) is 17.3 Å². The molecule has 0 aliphatic heterocycles. The fourth-order valence-corrected chi connectivity index (χ4v) is 2.69. The Labute approximate surface area is 137 Å². The lowest BCUT2D eigenvalue weighted by atomic mass is 10.0. The number of aliphatic hydroxyl groups is 1. The van der Waals surface area contributed by atoms with Gasteiger partial charge in [0.25, 0.3) is 0 Å². The number of aliphatic hydroxyl groups excluding tert-OH is 1. The number of primary amides is 1. The zero-order valence-corrected chi connectivity index (χ0v) is 12.9. The lowest BCUT2D eigenvalue weighted by Gasteiger charge is -2.09. The minimum Gasteiger partial charge on any atom is -0.392 e. The summed E-state index contributed by atoms with van der Waals surface area (Å²) in [7, 11) is 0. The van der Waals surface area contributed by atoms with Crippen molar-refractivity contribution in [2.24, 2.45) is 5.73 Å². The molecule has 0 bridgehead atoms. The van der Waals surface area contributed by atoms with Gasteiger partial charge < -0.3 is 10.8 Å². The Balaban J connectivity index is 2.03. The van der Waals surface area contributed by atoms with Crippen LogP contribution in [0.3, 0.4) is 0 Å². The molecule has 0 aliphatic rings. The lowest BCUT2D eigenvalue weighted by molar-refractivity contribution is 0.1000. The first-order valence-corrected chi connectivity index (χ1v) is 7.37. The van der Waals surface area contributed by atoms with E-state index >= 15 is 0 Å². The standard InChI is InChI=1S/C17H14ClN3O2/c18-14-6-12-3-10(4-13(9-22)16(12)21-8-14)5-15-7-11(17(19)23)1-2-20-15/h1-4,6-8,22H,5,9H2,(H2,19,23). The van der Waals surface area contributed by atoms with Crippen molar-refractivity contribution in [2.45, 2.75) is 13.0 Å². The number of rotatable bonds is 4. The third-order valence-corrected chi connectivity index (χ3v) is 3.75. The van der Waals surface area contributed by atoms with Crippen LogP contribution in [-0.4, -0.2) is 21.0 Å². The predicted octanol–water partition coefficient (Wildman–Crippen LogP) is 2.47. The second kappa shape index (κ2) is 6.32. The van der Waals surface area contributed by atoms with Crippen molar-refractivity contribution in [1.82, 2.24) is 9.97 Å².